The minimum Gasteiger partial charge on any atom is -0.478 e. The van der Waals surface area contributed by atoms with Gasteiger partial charge in [-0.2, -0.15) is 0 Å². The summed E-state index contributed by atoms with van der Waals surface area (Å²) in [6.07, 6.45) is 1.40. The van der Waals surface area contributed by atoms with E-state index in [1.165, 1.54) is 25.1 Å². The lowest BCUT2D eigenvalue weighted by Crippen LogP contribution is -2.42. The average Bonchev–Trinajstić information content (AvgIpc) is 3.26. The van der Waals surface area contributed by atoms with Crippen molar-refractivity contribution in [2.24, 2.45) is 0 Å². The number of furan rings is 1. The number of benzene rings is 1. The number of carboxylic acids is 1. The number of amides is 2. The Kier molecular flexibility index (Phi) is 6.33. The molecule has 1 aliphatic rings. The standard InChI is InChI=1S/C20H16ClNO7S/c1-3-28-19(26)10(2)22-17(23)16(30-20(22)27)9-12-5-7-15(29-12)11-4-6-13(18(24)25)14(21)8-11/h4-10H,3H2,1-2H3,(H,24,25)/b16-9+. The van der Waals surface area contributed by atoms with E-state index in [1.54, 1.807) is 25.1 Å². The van der Waals surface area contributed by atoms with Crippen LogP contribution in [0.2, 0.25) is 5.02 Å². The first-order chi connectivity index (χ1) is 14.2. The van der Waals surface area contributed by atoms with Crippen molar-refractivity contribution in [2.45, 2.75) is 19.9 Å². The second kappa shape index (κ2) is 8.76. The Bertz CT molecular complexity index is 1070. The zero-order chi connectivity index (χ0) is 22.0. The number of nitrogens with zero attached hydrogens (tertiary/aromatic N) is 1. The third-order valence-corrected chi connectivity index (χ3v) is 5.42. The van der Waals surface area contributed by atoms with Crippen LogP contribution in [0.3, 0.4) is 0 Å². The van der Waals surface area contributed by atoms with E-state index in [0.717, 1.165) is 4.90 Å². The monoisotopic (exact) mass is 449 g/mol. The summed E-state index contributed by atoms with van der Waals surface area (Å²) in [4.78, 5) is 48.7. The number of thioether (sulfide) groups is 1. The Labute approximate surface area is 180 Å². The van der Waals surface area contributed by atoms with Crippen LogP contribution in [-0.4, -0.2) is 45.7 Å². The Morgan fingerprint density at radius 1 is 1.30 bits per heavy atom. The van der Waals surface area contributed by atoms with Crippen molar-refractivity contribution in [3.63, 3.8) is 0 Å². The topological polar surface area (TPSA) is 114 Å². The minimum atomic E-state index is -1.14. The van der Waals surface area contributed by atoms with Gasteiger partial charge in [0.15, 0.2) is 0 Å². The van der Waals surface area contributed by atoms with Crippen LogP contribution < -0.4 is 0 Å². The number of hydrogen-bond acceptors (Lipinski definition) is 7. The number of hydrogen-bond donors (Lipinski definition) is 1. The lowest BCUT2D eigenvalue weighted by atomic mass is 10.1. The molecule has 1 fully saturated rings. The molecule has 2 amide bonds. The number of carboxylic acid groups (broad SMARTS) is 1. The van der Waals surface area contributed by atoms with Gasteiger partial charge in [-0.25, -0.2) is 9.59 Å². The molecule has 1 atom stereocenters. The molecule has 0 saturated carbocycles. The van der Waals surface area contributed by atoms with E-state index in [9.17, 15) is 19.2 Å². The Morgan fingerprint density at radius 3 is 2.67 bits per heavy atom. The van der Waals surface area contributed by atoms with Gasteiger partial charge in [0.05, 0.1) is 22.1 Å². The summed E-state index contributed by atoms with van der Waals surface area (Å²) in [5, 5.41) is 8.54. The second-order valence-electron chi connectivity index (χ2n) is 6.18. The van der Waals surface area contributed by atoms with Crippen molar-refractivity contribution in [1.82, 2.24) is 4.90 Å². The zero-order valence-electron chi connectivity index (χ0n) is 15.9. The van der Waals surface area contributed by atoms with Gasteiger partial charge in [-0.15, -0.1) is 0 Å². The molecule has 1 aromatic carbocycles. The highest BCUT2D eigenvalue weighted by molar-refractivity contribution is 8.18. The largest absolute Gasteiger partial charge is 0.478 e. The molecule has 0 aliphatic carbocycles. The van der Waals surface area contributed by atoms with Gasteiger partial charge in [0, 0.05) is 11.6 Å². The number of carbonyl (C=O) groups is 4. The normalized spacial score (nSPS) is 16.2. The van der Waals surface area contributed by atoms with Crippen molar-refractivity contribution in [3.8, 4) is 11.3 Å². The highest BCUT2D eigenvalue weighted by Gasteiger charge is 2.41. The number of carbonyl (C=O) groups excluding carboxylic acids is 3. The van der Waals surface area contributed by atoms with Gasteiger partial charge >= 0.3 is 11.9 Å². The van der Waals surface area contributed by atoms with Crippen LogP contribution in [0, 0.1) is 0 Å². The summed E-state index contributed by atoms with van der Waals surface area (Å²) in [6, 6.07) is 6.56. The lowest BCUT2D eigenvalue weighted by Gasteiger charge is -2.19. The predicted octanol–water partition coefficient (Wildman–Crippen LogP) is 4.29. The maximum absolute atomic E-state index is 12.6. The molecule has 1 N–H and O–H groups in total. The van der Waals surface area contributed by atoms with E-state index in [0.29, 0.717) is 28.8 Å². The molecule has 3 rings (SSSR count). The van der Waals surface area contributed by atoms with Crippen molar-refractivity contribution >= 4 is 52.5 Å². The van der Waals surface area contributed by atoms with Gasteiger partial charge in [0.1, 0.15) is 17.6 Å². The summed E-state index contributed by atoms with van der Waals surface area (Å²) in [7, 11) is 0. The average molecular weight is 450 g/mol. The zero-order valence-corrected chi connectivity index (χ0v) is 17.5. The number of halogens is 1. The van der Waals surface area contributed by atoms with Crippen LogP contribution in [0.25, 0.3) is 17.4 Å². The molecular weight excluding hydrogens is 434 g/mol. The first-order valence-electron chi connectivity index (χ1n) is 8.79. The Balaban J connectivity index is 1.82. The van der Waals surface area contributed by atoms with Crippen molar-refractivity contribution < 1.29 is 33.4 Å². The van der Waals surface area contributed by atoms with Gasteiger partial charge in [-0.05, 0) is 49.9 Å². The van der Waals surface area contributed by atoms with Gasteiger partial charge in [0.25, 0.3) is 11.1 Å². The van der Waals surface area contributed by atoms with Crippen LogP contribution in [0.4, 0.5) is 4.79 Å². The van der Waals surface area contributed by atoms with Crippen LogP contribution in [-0.2, 0) is 14.3 Å². The number of rotatable bonds is 6. The molecule has 2 heterocycles. The molecule has 8 nitrogen and oxygen atoms in total. The molecule has 1 saturated heterocycles. The molecule has 0 spiro atoms. The van der Waals surface area contributed by atoms with E-state index < -0.39 is 29.1 Å². The quantitative estimate of drug-likeness (QED) is 0.513. The van der Waals surface area contributed by atoms with E-state index in [4.69, 9.17) is 25.9 Å². The summed E-state index contributed by atoms with van der Waals surface area (Å²) < 4.78 is 10.6. The van der Waals surface area contributed by atoms with E-state index in [1.807, 2.05) is 0 Å². The van der Waals surface area contributed by atoms with Crippen molar-refractivity contribution in [3.05, 3.63) is 51.6 Å². The summed E-state index contributed by atoms with van der Waals surface area (Å²) in [5.41, 5.74) is 0.519. The minimum absolute atomic E-state index is 0.0309. The fourth-order valence-electron chi connectivity index (χ4n) is 2.74. The Hall–Kier alpha value is -3.04. The molecule has 156 valence electrons. The second-order valence-corrected chi connectivity index (χ2v) is 7.58. The molecular formula is C20H16ClNO7S. The van der Waals surface area contributed by atoms with Gasteiger partial charge in [-0.1, -0.05) is 17.7 Å². The van der Waals surface area contributed by atoms with Crippen molar-refractivity contribution in [1.29, 1.82) is 0 Å². The number of ether oxygens (including phenoxy) is 1. The first-order valence-corrected chi connectivity index (χ1v) is 9.99. The Morgan fingerprint density at radius 2 is 2.03 bits per heavy atom. The number of aromatic carboxylic acids is 1. The van der Waals surface area contributed by atoms with Crippen LogP contribution in [0.15, 0.2) is 39.7 Å². The maximum Gasteiger partial charge on any atom is 0.337 e. The molecule has 1 aromatic heterocycles. The molecule has 10 heteroatoms. The van der Waals surface area contributed by atoms with E-state index >= 15 is 0 Å². The SMILES string of the molecule is CCOC(=O)C(C)N1C(=O)S/C(=C/c2ccc(-c3ccc(C(=O)O)c(Cl)c3)o2)C1=O. The van der Waals surface area contributed by atoms with Crippen LogP contribution >= 0.6 is 23.4 Å². The van der Waals surface area contributed by atoms with Gasteiger partial charge in [0.2, 0.25) is 0 Å². The fourth-order valence-corrected chi connectivity index (χ4v) is 3.89. The van der Waals surface area contributed by atoms with E-state index in [2.05, 4.69) is 0 Å². The molecule has 1 aliphatic heterocycles. The van der Waals surface area contributed by atoms with Crippen LogP contribution in [0.5, 0.6) is 0 Å². The predicted molar refractivity (Wildman–Crippen MR) is 110 cm³/mol. The molecule has 2 aromatic rings. The molecule has 0 radical (unpaired) electrons. The highest BCUT2D eigenvalue weighted by atomic mass is 35.5. The maximum atomic E-state index is 12.6. The molecule has 0 bridgehead atoms. The fraction of sp³-hybridized carbons (Fsp3) is 0.200. The third kappa shape index (κ3) is 4.27. The van der Waals surface area contributed by atoms with Gasteiger partial charge < -0.3 is 14.3 Å². The van der Waals surface area contributed by atoms with E-state index in [-0.39, 0.29) is 22.1 Å². The number of esters is 1. The van der Waals surface area contributed by atoms with Gasteiger partial charge in [-0.3, -0.25) is 14.5 Å². The lowest BCUT2D eigenvalue weighted by molar-refractivity contribution is -0.150. The summed E-state index contributed by atoms with van der Waals surface area (Å²) in [5.74, 6) is -1.71. The smallest absolute Gasteiger partial charge is 0.337 e. The highest BCUT2D eigenvalue weighted by Crippen LogP contribution is 2.35. The summed E-state index contributed by atoms with van der Waals surface area (Å²) in [6.45, 7) is 3.20. The summed E-state index contributed by atoms with van der Waals surface area (Å²) >= 11 is 6.68. The molecule has 30 heavy (non-hydrogen) atoms. The first kappa shape index (κ1) is 21.7. The van der Waals surface area contributed by atoms with Crippen molar-refractivity contribution in [2.75, 3.05) is 6.61 Å². The third-order valence-electron chi connectivity index (χ3n) is 4.22. The number of imide groups is 1. The molecule has 1 unspecified atom stereocenters. The van der Waals surface area contributed by atoms with Crippen LogP contribution in [0.1, 0.15) is 30.0 Å².